The maximum absolute atomic E-state index is 11.0. The molecule has 1 rings (SSSR count). The van der Waals surface area contributed by atoms with Crippen LogP contribution in [-0.4, -0.2) is 26.0 Å². The molecular weight excluding hydrogens is 174 g/mol. The van der Waals surface area contributed by atoms with Gasteiger partial charge in [-0.15, -0.1) is 0 Å². The van der Waals surface area contributed by atoms with E-state index in [0.29, 0.717) is 0 Å². The highest BCUT2D eigenvalue weighted by Crippen LogP contribution is 1.97. The van der Waals surface area contributed by atoms with Crippen LogP contribution in [0.4, 0.5) is 4.79 Å². The number of carbonyl (C=O) groups is 2. The number of hydrogen-bond acceptors (Lipinski definition) is 3. The lowest BCUT2D eigenvalue weighted by molar-refractivity contribution is -0.113. The summed E-state index contributed by atoms with van der Waals surface area (Å²) in [5.41, 5.74) is 0. The van der Waals surface area contributed by atoms with Crippen molar-refractivity contribution >= 4 is 26.0 Å². The van der Waals surface area contributed by atoms with Crippen molar-refractivity contribution in [3.63, 3.8) is 0 Å². The zero-order valence-corrected chi connectivity index (χ0v) is 8.26. The van der Waals surface area contributed by atoms with Crippen molar-refractivity contribution in [1.82, 2.24) is 10.3 Å². The first kappa shape index (κ1) is 8.92. The summed E-state index contributed by atoms with van der Waals surface area (Å²) in [4.78, 5) is 28.0. The molecule has 2 N–H and O–H groups in total. The van der Waals surface area contributed by atoms with Crippen LogP contribution >= 0.6 is 0 Å². The van der Waals surface area contributed by atoms with Crippen LogP contribution in [0.2, 0.25) is 19.6 Å². The number of amidine groups is 1. The van der Waals surface area contributed by atoms with E-state index in [1.54, 1.807) is 0 Å². The third-order valence-corrected chi connectivity index (χ3v) is 2.13. The predicted octanol–water partition coefficient (Wildman–Crippen LogP) is 0.0592. The molecule has 0 unspecified atom stereocenters. The fourth-order valence-electron chi connectivity index (χ4n) is 0.777. The van der Waals surface area contributed by atoms with E-state index in [1.807, 2.05) is 19.6 Å². The Balaban J connectivity index is 2.71. The SMILES string of the molecule is C[Si](C)(C)NC1=NC(=O)NC1=O. The number of carbonyl (C=O) groups excluding carboxylic acids is 2. The van der Waals surface area contributed by atoms with E-state index in [1.165, 1.54) is 0 Å². The number of hydrogen-bond donors (Lipinski definition) is 2. The van der Waals surface area contributed by atoms with Crippen molar-refractivity contribution in [2.75, 3.05) is 0 Å². The second-order valence-electron chi connectivity index (χ2n) is 3.59. The summed E-state index contributed by atoms with van der Waals surface area (Å²) in [5, 5.41) is 2.07. The molecule has 0 saturated heterocycles. The second-order valence-corrected chi connectivity index (χ2v) is 8.34. The highest BCUT2D eigenvalue weighted by molar-refractivity contribution is 6.78. The Morgan fingerprint density at radius 1 is 1.33 bits per heavy atom. The van der Waals surface area contributed by atoms with E-state index in [9.17, 15) is 9.59 Å². The lowest BCUT2D eigenvalue weighted by atomic mass is 10.6. The van der Waals surface area contributed by atoms with Crippen LogP contribution in [0.5, 0.6) is 0 Å². The highest BCUT2D eigenvalue weighted by atomic mass is 28.3. The van der Waals surface area contributed by atoms with Gasteiger partial charge in [0.2, 0.25) is 0 Å². The molecule has 0 spiro atoms. The molecule has 1 aliphatic rings. The summed E-state index contributed by atoms with van der Waals surface area (Å²) >= 11 is 0. The molecule has 5 nitrogen and oxygen atoms in total. The van der Waals surface area contributed by atoms with Gasteiger partial charge in [0.25, 0.3) is 5.91 Å². The van der Waals surface area contributed by atoms with Crippen molar-refractivity contribution in [3.8, 4) is 0 Å². The molecule has 3 amide bonds. The van der Waals surface area contributed by atoms with Gasteiger partial charge >= 0.3 is 6.03 Å². The van der Waals surface area contributed by atoms with Crippen LogP contribution in [0.3, 0.4) is 0 Å². The number of rotatable bonds is 1. The van der Waals surface area contributed by atoms with E-state index < -0.39 is 20.2 Å². The average molecular weight is 185 g/mol. The summed E-state index contributed by atoms with van der Waals surface area (Å²) in [6.07, 6.45) is 0. The third-order valence-electron chi connectivity index (χ3n) is 1.14. The Morgan fingerprint density at radius 2 is 1.92 bits per heavy atom. The summed E-state index contributed by atoms with van der Waals surface area (Å²) in [7, 11) is -1.59. The lowest BCUT2D eigenvalue weighted by Gasteiger charge is -2.17. The van der Waals surface area contributed by atoms with Gasteiger partial charge in [-0.2, -0.15) is 4.99 Å². The number of urea groups is 1. The molecule has 12 heavy (non-hydrogen) atoms. The first-order chi connectivity index (χ1) is 5.38. The van der Waals surface area contributed by atoms with Gasteiger partial charge in [0.1, 0.15) is 8.24 Å². The van der Waals surface area contributed by atoms with Crippen LogP contribution in [0, 0.1) is 0 Å². The minimum atomic E-state index is -1.59. The summed E-state index contributed by atoms with van der Waals surface area (Å²) in [6, 6.07) is -0.583. The summed E-state index contributed by atoms with van der Waals surface area (Å²) in [6.45, 7) is 6.06. The van der Waals surface area contributed by atoms with Crippen molar-refractivity contribution in [2.45, 2.75) is 19.6 Å². The molecular formula is C6H11N3O2Si. The molecule has 0 aliphatic carbocycles. The Hall–Kier alpha value is -1.17. The van der Waals surface area contributed by atoms with E-state index in [0.717, 1.165) is 0 Å². The minimum Gasteiger partial charge on any atom is -0.391 e. The largest absolute Gasteiger partial charge is 0.391 e. The molecule has 0 saturated carbocycles. The molecule has 0 fully saturated rings. The van der Waals surface area contributed by atoms with E-state index in [4.69, 9.17) is 0 Å². The van der Waals surface area contributed by atoms with Crippen LogP contribution in [0.1, 0.15) is 0 Å². The first-order valence-electron chi connectivity index (χ1n) is 3.61. The number of nitrogens with one attached hydrogen (secondary N) is 2. The molecule has 6 heteroatoms. The number of nitrogens with zero attached hydrogens (tertiary/aromatic N) is 1. The quantitative estimate of drug-likeness (QED) is 0.567. The number of amides is 3. The molecule has 0 atom stereocenters. The molecule has 66 valence electrons. The Kier molecular flexibility index (Phi) is 2.01. The Morgan fingerprint density at radius 3 is 2.25 bits per heavy atom. The van der Waals surface area contributed by atoms with Gasteiger partial charge in [-0.25, -0.2) is 4.79 Å². The molecule has 1 aliphatic heterocycles. The summed E-state index contributed by atoms with van der Waals surface area (Å²) in [5.74, 6) is -0.276. The van der Waals surface area contributed by atoms with Crippen LogP contribution in [0.25, 0.3) is 0 Å². The zero-order valence-electron chi connectivity index (χ0n) is 7.26. The highest BCUT2D eigenvalue weighted by Gasteiger charge is 2.26. The van der Waals surface area contributed by atoms with Crippen LogP contribution in [-0.2, 0) is 4.79 Å². The predicted molar refractivity (Wildman–Crippen MR) is 47.5 cm³/mol. The first-order valence-corrected chi connectivity index (χ1v) is 7.11. The summed E-state index contributed by atoms with van der Waals surface area (Å²) < 4.78 is 0. The van der Waals surface area contributed by atoms with Gasteiger partial charge in [0, 0.05) is 0 Å². The van der Waals surface area contributed by atoms with E-state index >= 15 is 0 Å². The monoisotopic (exact) mass is 185 g/mol. The Bertz CT molecular complexity index is 266. The van der Waals surface area contributed by atoms with Gasteiger partial charge in [0.05, 0.1) is 0 Å². The van der Waals surface area contributed by atoms with Crippen molar-refractivity contribution < 1.29 is 9.59 Å². The maximum Gasteiger partial charge on any atom is 0.350 e. The van der Waals surface area contributed by atoms with Crippen LogP contribution in [0.15, 0.2) is 4.99 Å². The minimum absolute atomic E-state index is 0.152. The lowest BCUT2D eigenvalue weighted by Crippen LogP contribution is -2.48. The van der Waals surface area contributed by atoms with Gasteiger partial charge in [-0.05, 0) is 0 Å². The zero-order chi connectivity index (χ0) is 9.35. The van der Waals surface area contributed by atoms with Crippen molar-refractivity contribution in [2.24, 2.45) is 4.99 Å². The molecule has 0 aromatic rings. The number of imide groups is 1. The molecule has 0 bridgehead atoms. The van der Waals surface area contributed by atoms with Crippen molar-refractivity contribution in [1.29, 1.82) is 0 Å². The van der Waals surface area contributed by atoms with Crippen molar-refractivity contribution in [3.05, 3.63) is 0 Å². The standard InChI is InChI=1S/C6H11N3O2Si/c1-12(2,3)9-4-5(10)8-6(11)7-4/h1-3H3,(H2,7,8,9,10,11). The molecule has 0 aromatic carbocycles. The second kappa shape index (κ2) is 2.70. The van der Waals surface area contributed by atoms with Gasteiger partial charge in [0.15, 0.2) is 5.84 Å². The normalized spacial score (nSPS) is 17.4. The van der Waals surface area contributed by atoms with E-state index in [-0.39, 0.29) is 5.84 Å². The number of aliphatic imine (C=N–C) groups is 1. The van der Waals surface area contributed by atoms with Gasteiger partial charge < -0.3 is 4.98 Å². The Labute approximate surface area is 71.3 Å². The van der Waals surface area contributed by atoms with Gasteiger partial charge in [-0.1, -0.05) is 19.6 Å². The molecule has 0 aromatic heterocycles. The molecule has 1 heterocycles. The smallest absolute Gasteiger partial charge is 0.350 e. The topological polar surface area (TPSA) is 70.6 Å². The fraction of sp³-hybridized carbons (Fsp3) is 0.500. The van der Waals surface area contributed by atoms with E-state index in [2.05, 4.69) is 15.3 Å². The van der Waals surface area contributed by atoms with Crippen LogP contribution < -0.4 is 10.3 Å². The fourth-order valence-corrected chi connectivity index (χ4v) is 1.66. The third kappa shape index (κ3) is 2.16. The maximum atomic E-state index is 11.0. The molecule has 0 radical (unpaired) electrons. The average Bonchev–Trinajstić information content (AvgIpc) is 2.06. The van der Waals surface area contributed by atoms with Gasteiger partial charge in [-0.3, -0.25) is 10.1 Å².